The van der Waals surface area contributed by atoms with Gasteiger partial charge < -0.3 is 15.2 Å². The lowest BCUT2D eigenvalue weighted by atomic mass is 10.1. The predicted molar refractivity (Wildman–Crippen MR) is 70.7 cm³/mol. The first-order valence-electron chi connectivity index (χ1n) is 5.98. The monoisotopic (exact) mass is 249 g/mol. The van der Waals surface area contributed by atoms with Gasteiger partial charge in [-0.1, -0.05) is 18.2 Å². The second kappa shape index (κ2) is 7.63. The molecule has 0 fully saturated rings. The summed E-state index contributed by atoms with van der Waals surface area (Å²) in [5, 5.41) is 0. The molecule has 18 heavy (non-hydrogen) atoms. The van der Waals surface area contributed by atoms with Gasteiger partial charge in [-0.15, -0.1) is 0 Å². The molecule has 0 aliphatic heterocycles. The Morgan fingerprint density at radius 1 is 1.33 bits per heavy atom. The highest BCUT2D eigenvalue weighted by Gasteiger charge is 2.10. The fourth-order valence-corrected chi connectivity index (χ4v) is 1.53. The lowest BCUT2D eigenvalue weighted by Gasteiger charge is -2.17. The van der Waals surface area contributed by atoms with Crippen LogP contribution < -0.4 is 5.73 Å². The van der Waals surface area contributed by atoms with Crippen LogP contribution in [0.5, 0.6) is 0 Å². The first kappa shape index (κ1) is 14.4. The Hall–Kier alpha value is -1.65. The second-order valence-corrected chi connectivity index (χ2v) is 3.65. The Morgan fingerprint density at radius 2 is 2.00 bits per heavy atom. The maximum absolute atomic E-state index is 10.7. The summed E-state index contributed by atoms with van der Waals surface area (Å²) in [4.78, 5) is 10.7. The highest BCUT2D eigenvalue weighted by Crippen LogP contribution is 2.20. The fraction of sp³-hybridized carbons (Fsp3) is 0.357. The number of ether oxygens (including phenoxy) is 2. The summed E-state index contributed by atoms with van der Waals surface area (Å²) in [6.45, 7) is 4.99. The van der Waals surface area contributed by atoms with Crippen molar-refractivity contribution in [3.05, 3.63) is 41.5 Å². The summed E-state index contributed by atoms with van der Waals surface area (Å²) < 4.78 is 11.0. The average Bonchev–Trinajstić information content (AvgIpc) is 2.36. The van der Waals surface area contributed by atoms with Crippen LogP contribution in [0.2, 0.25) is 0 Å². The Morgan fingerprint density at radius 3 is 2.56 bits per heavy atom. The van der Waals surface area contributed by atoms with Gasteiger partial charge in [-0.2, -0.15) is 0 Å². The van der Waals surface area contributed by atoms with Crippen LogP contribution in [0.1, 0.15) is 31.3 Å². The molecular weight excluding hydrogens is 230 g/mol. The van der Waals surface area contributed by atoms with E-state index in [2.05, 4.69) is 0 Å². The lowest BCUT2D eigenvalue weighted by molar-refractivity contribution is -0.140. The maximum atomic E-state index is 10.7. The molecule has 0 aromatic heterocycles. The van der Waals surface area contributed by atoms with E-state index in [1.165, 1.54) is 6.08 Å². The number of primary amides is 1. The number of carbonyl (C=O) groups excluding carboxylic acids is 1. The van der Waals surface area contributed by atoms with Crippen molar-refractivity contribution in [2.45, 2.75) is 20.1 Å². The van der Waals surface area contributed by atoms with Crippen molar-refractivity contribution in [3.8, 4) is 0 Å². The van der Waals surface area contributed by atoms with Crippen molar-refractivity contribution in [1.29, 1.82) is 0 Å². The average molecular weight is 249 g/mol. The second-order valence-electron chi connectivity index (χ2n) is 3.65. The van der Waals surface area contributed by atoms with E-state index < -0.39 is 5.91 Å². The van der Waals surface area contributed by atoms with Crippen molar-refractivity contribution >= 4 is 12.0 Å². The van der Waals surface area contributed by atoms with Gasteiger partial charge in [0.1, 0.15) is 0 Å². The van der Waals surface area contributed by atoms with Crippen LogP contribution in [0.3, 0.4) is 0 Å². The van der Waals surface area contributed by atoms with Gasteiger partial charge >= 0.3 is 0 Å². The van der Waals surface area contributed by atoms with Gasteiger partial charge in [-0.3, -0.25) is 4.79 Å². The molecule has 98 valence electrons. The standard InChI is InChI=1S/C14H19NO3/c1-3-17-14(18-4-2)12-7-5-6-11(10-12)8-9-13(15)16/h5-10,14H,3-4H2,1-2H3,(H2,15,16)/b9-8-. The number of nitrogens with two attached hydrogens (primary N) is 1. The highest BCUT2D eigenvalue weighted by atomic mass is 16.7. The molecule has 1 amide bonds. The van der Waals surface area contributed by atoms with E-state index in [4.69, 9.17) is 15.2 Å². The molecule has 0 saturated carbocycles. The van der Waals surface area contributed by atoms with Crippen LogP contribution in [0, 0.1) is 0 Å². The van der Waals surface area contributed by atoms with E-state index in [-0.39, 0.29) is 6.29 Å². The zero-order chi connectivity index (χ0) is 13.4. The van der Waals surface area contributed by atoms with E-state index in [1.54, 1.807) is 6.08 Å². The van der Waals surface area contributed by atoms with Gasteiger partial charge in [0.2, 0.25) is 5.91 Å². The molecule has 0 bridgehead atoms. The summed E-state index contributed by atoms with van der Waals surface area (Å²) in [5.41, 5.74) is 6.86. The third kappa shape index (κ3) is 4.69. The summed E-state index contributed by atoms with van der Waals surface area (Å²) in [6, 6.07) is 7.62. The van der Waals surface area contributed by atoms with E-state index in [0.717, 1.165) is 11.1 Å². The first-order valence-corrected chi connectivity index (χ1v) is 5.98. The normalized spacial score (nSPS) is 11.3. The van der Waals surface area contributed by atoms with Crippen molar-refractivity contribution < 1.29 is 14.3 Å². The lowest BCUT2D eigenvalue weighted by Crippen LogP contribution is -2.09. The molecule has 0 spiro atoms. The maximum Gasteiger partial charge on any atom is 0.241 e. The van der Waals surface area contributed by atoms with Crippen LogP contribution in [-0.4, -0.2) is 19.1 Å². The van der Waals surface area contributed by atoms with Gasteiger partial charge in [0, 0.05) is 24.9 Å². The van der Waals surface area contributed by atoms with Gasteiger partial charge in [-0.05, 0) is 31.6 Å². The van der Waals surface area contributed by atoms with Crippen molar-refractivity contribution in [1.82, 2.24) is 0 Å². The van der Waals surface area contributed by atoms with Crippen LogP contribution in [0.4, 0.5) is 0 Å². The minimum atomic E-state index is -0.466. The van der Waals surface area contributed by atoms with Crippen LogP contribution in [-0.2, 0) is 14.3 Å². The van der Waals surface area contributed by atoms with E-state index in [9.17, 15) is 4.79 Å². The van der Waals surface area contributed by atoms with Crippen molar-refractivity contribution in [3.63, 3.8) is 0 Å². The topological polar surface area (TPSA) is 61.6 Å². The first-order chi connectivity index (χ1) is 8.67. The number of hydrogen-bond acceptors (Lipinski definition) is 3. The quantitative estimate of drug-likeness (QED) is 0.595. The molecule has 4 nitrogen and oxygen atoms in total. The third-order valence-electron chi connectivity index (χ3n) is 2.26. The minimum Gasteiger partial charge on any atom is -0.366 e. The molecule has 0 radical (unpaired) electrons. The Kier molecular flexibility index (Phi) is 6.11. The molecule has 2 N–H and O–H groups in total. The zero-order valence-corrected chi connectivity index (χ0v) is 10.8. The molecule has 1 aromatic rings. The molecule has 4 heteroatoms. The minimum absolute atomic E-state index is 0.373. The van der Waals surface area contributed by atoms with Gasteiger partial charge in [-0.25, -0.2) is 0 Å². The highest BCUT2D eigenvalue weighted by molar-refractivity contribution is 5.90. The van der Waals surface area contributed by atoms with Crippen LogP contribution >= 0.6 is 0 Å². The van der Waals surface area contributed by atoms with E-state index in [0.29, 0.717) is 13.2 Å². The summed E-state index contributed by atoms with van der Waals surface area (Å²) >= 11 is 0. The smallest absolute Gasteiger partial charge is 0.241 e. The number of carbonyl (C=O) groups is 1. The number of rotatable bonds is 7. The Balaban J connectivity index is 2.87. The third-order valence-corrected chi connectivity index (χ3v) is 2.26. The largest absolute Gasteiger partial charge is 0.366 e. The van der Waals surface area contributed by atoms with Crippen molar-refractivity contribution in [2.24, 2.45) is 5.73 Å². The number of benzene rings is 1. The Bertz CT molecular complexity index is 409. The van der Waals surface area contributed by atoms with Gasteiger partial charge in [0.25, 0.3) is 0 Å². The molecule has 0 aliphatic carbocycles. The van der Waals surface area contributed by atoms with Crippen LogP contribution in [0.25, 0.3) is 6.08 Å². The van der Waals surface area contributed by atoms with Gasteiger partial charge in [0.15, 0.2) is 6.29 Å². The van der Waals surface area contributed by atoms with Crippen LogP contribution in [0.15, 0.2) is 30.3 Å². The van der Waals surface area contributed by atoms with E-state index in [1.807, 2.05) is 38.1 Å². The molecule has 1 aromatic carbocycles. The summed E-state index contributed by atoms with van der Waals surface area (Å²) in [6.07, 6.45) is 2.62. The molecule has 0 saturated heterocycles. The summed E-state index contributed by atoms with van der Waals surface area (Å²) in [5.74, 6) is -0.466. The van der Waals surface area contributed by atoms with E-state index >= 15 is 0 Å². The zero-order valence-electron chi connectivity index (χ0n) is 10.8. The predicted octanol–water partition coefficient (Wildman–Crippen LogP) is 2.26. The molecule has 0 aliphatic rings. The summed E-state index contributed by atoms with van der Waals surface area (Å²) in [7, 11) is 0. The number of amides is 1. The molecule has 0 unspecified atom stereocenters. The fourth-order valence-electron chi connectivity index (χ4n) is 1.53. The Labute approximate surface area is 107 Å². The molecule has 1 rings (SSSR count). The SMILES string of the molecule is CCOC(OCC)c1cccc(/C=C\C(N)=O)c1. The molecule has 0 heterocycles. The van der Waals surface area contributed by atoms with Crippen molar-refractivity contribution in [2.75, 3.05) is 13.2 Å². The van der Waals surface area contributed by atoms with Gasteiger partial charge in [0.05, 0.1) is 0 Å². The molecule has 0 atom stereocenters. The number of hydrogen-bond donors (Lipinski definition) is 1. The molecular formula is C14H19NO3.